The van der Waals surface area contributed by atoms with E-state index in [0.717, 1.165) is 0 Å². The van der Waals surface area contributed by atoms with E-state index in [1.165, 1.54) is 24.3 Å². The quantitative estimate of drug-likeness (QED) is 0.195. The number of nitrogens with one attached hydrogen (secondary N) is 2. The van der Waals surface area contributed by atoms with Gasteiger partial charge in [-0.15, -0.1) is 0 Å². The lowest BCUT2D eigenvalue weighted by Crippen LogP contribution is -2.27. The van der Waals surface area contributed by atoms with E-state index in [-0.39, 0.29) is 18.0 Å². The van der Waals surface area contributed by atoms with Crippen molar-refractivity contribution in [1.82, 2.24) is 5.43 Å². The topological polar surface area (TPSA) is 185 Å². The molecule has 0 heterocycles. The molecule has 12 nitrogen and oxygen atoms in total. The molecule has 4 N–H and O–H groups in total. The minimum absolute atomic E-state index is 0.0288. The predicted octanol–water partition coefficient (Wildman–Crippen LogP) is -0.984. The second kappa shape index (κ2) is 8.86. The molecule has 15 heteroatoms. The van der Waals surface area contributed by atoms with Gasteiger partial charge in [-0.1, -0.05) is 6.07 Å². The first-order valence-corrected chi connectivity index (χ1v) is 10.8. The Morgan fingerprint density at radius 2 is 1.52 bits per heavy atom. The van der Waals surface area contributed by atoms with Crippen molar-refractivity contribution in [1.29, 1.82) is 0 Å². The number of hydrogen-bond acceptors (Lipinski definition) is 10. The lowest BCUT2D eigenvalue weighted by molar-refractivity contribution is 0.270. The number of hydrazine groups is 1. The highest BCUT2D eigenvalue weighted by atomic mass is 32.3. The lowest BCUT2D eigenvalue weighted by atomic mass is 10.3. The van der Waals surface area contributed by atoms with Crippen LogP contribution in [-0.2, 0) is 39.0 Å². The molecule has 0 spiro atoms. The first kappa shape index (κ1) is 21.7. The molecule has 144 valence electrons. The maximum absolute atomic E-state index is 12.0. The van der Waals surface area contributed by atoms with Crippen molar-refractivity contribution in [3.8, 4) is 0 Å². The van der Waals surface area contributed by atoms with Crippen molar-refractivity contribution >= 4 is 36.3 Å². The van der Waals surface area contributed by atoms with E-state index in [9.17, 15) is 25.3 Å². The molecule has 1 rings (SSSR count). The number of sulfone groups is 1. The minimum Gasteiger partial charge on any atom is -0.321 e. The number of anilines is 1. The van der Waals surface area contributed by atoms with Crippen LogP contribution in [0.4, 0.5) is 5.69 Å². The summed E-state index contributed by atoms with van der Waals surface area (Å²) in [5, 5.41) is 0. The Labute approximate surface area is 144 Å². The Morgan fingerprint density at radius 1 is 0.920 bits per heavy atom. The Hall–Kier alpha value is -1.33. The predicted molar refractivity (Wildman–Crippen MR) is 85.1 cm³/mol. The van der Waals surface area contributed by atoms with Gasteiger partial charge in [0, 0.05) is 6.54 Å². The highest BCUT2D eigenvalue weighted by Crippen LogP contribution is 2.16. The van der Waals surface area contributed by atoms with Crippen molar-refractivity contribution < 1.29 is 42.7 Å². The van der Waals surface area contributed by atoms with Gasteiger partial charge in [0.1, 0.15) is 0 Å². The molecule has 25 heavy (non-hydrogen) atoms. The fourth-order valence-corrected chi connectivity index (χ4v) is 3.32. The van der Waals surface area contributed by atoms with E-state index in [4.69, 9.17) is 9.11 Å². The van der Waals surface area contributed by atoms with Crippen LogP contribution >= 0.6 is 0 Å². The van der Waals surface area contributed by atoms with Gasteiger partial charge in [0.05, 0.1) is 29.5 Å². The molecule has 0 saturated carbocycles. The maximum Gasteiger partial charge on any atom is 0.397 e. The van der Waals surface area contributed by atoms with Gasteiger partial charge < -0.3 is 5.43 Å². The SMILES string of the molecule is O=S(=O)(O)OCCNNc1cccc(S(=O)(=O)CCOS(=O)(=O)O)c1. The monoisotopic (exact) mass is 420 g/mol. The second-order valence-corrected chi connectivity index (χ2v) is 8.69. The van der Waals surface area contributed by atoms with Crippen molar-refractivity contribution in [3.63, 3.8) is 0 Å². The fourth-order valence-electron chi connectivity index (χ4n) is 1.50. The zero-order valence-corrected chi connectivity index (χ0v) is 15.0. The summed E-state index contributed by atoms with van der Waals surface area (Å²) in [4.78, 5) is -0.132. The Morgan fingerprint density at radius 3 is 2.12 bits per heavy atom. The first-order chi connectivity index (χ1) is 11.4. The Kier molecular flexibility index (Phi) is 7.69. The van der Waals surface area contributed by atoms with Crippen molar-refractivity contribution in [2.45, 2.75) is 4.90 Å². The van der Waals surface area contributed by atoms with Crippen LogP contribution in [0.3, 0.4) is 0 Å². The Balaban J connectivity index is 2.58. The van der Waals surface area contributed by atoms with E-state index in [1.807, 2.05) is 0 Å². The molecule has 0 fully saturated rings. The smallest absolute Gasteiger partial charge is 0.321 e. The first-order valence-electron chi connectivity index (χ1n) is 6.44. The van der Waals surface area contributed by atoms with E-state index < -0.39 is 43.0 Å². The van der Waals surface area contributed by atoms with Gasteiger partial charge in [0.25, 0.3) is 0 Å². The average Bonchev–Trinajstić information content (AvgIpc) is 2.44. The van der Waals surface area contributed by atoms with Gasteiger partial charge in [-0.05, 0) is 18.2 Å². The number of hydrogen-bond donors (Lipinski definition) is 4. The molecule has 0 unspecified atom stereocenters. The van der Waals surface area contributed by atoms with Gasteiger partial charge in [0.15, 0.2) is 9.84 Å². The molecular formula is C10H16N2O10S3. The number of rotatable bonds is 11. The lowest BCUT2D eigenvalue weighted by Gasteiger charge is -2.10. The van der Waals surface area contributed by atoms with Crippen LogP contribution in [0.5, 0.6) is 0 Å². The summed E-state index contributed by atoms with van der Waals surface area (Å²) < 4.78 is 90.3. The van der Waals surface area contributed by atoms with Gasteiger partial charge in [-0.25, -0.2) is 22.2 Å². The largest absolute Gasteiger partial charge is 0.397 e. The zero-order chi connectivity index (χ0) is 19.1. The van der Waals surface area contributed by atoms with Crippen molar-refractivity contribution in [2.24, 2.45) is 0 Å². The minimum atomic E-state index is -4.72. The molecule has 0 aliphatic rings. The highest BCUT2D eigenvalue weighted by Gasteiger charge is 2.16. The fraction of sp³-hybridized carbons (Fsp3) is 0.400. The molecule has 0 bridgehead atoms. The highest BCUT2D eigenvalue weighted by molar-refractivity contribution is 7.91. The molecular weight excluding hydrogens is 404 g/mol. The van der Waals surface area contributed by atoms with Gasteiger partial charge in [-0.2, -0.15) is 16.8 Å². The summed E-state index contributed by atoms with van der Waals surface area (Å²) in [5.41, 5.74) is 5.43. The molecule has 1 aromatic carbocycles. The third-order valence-electron chi connectivity index (χ3n) is 2.47. The van der Waals surface area contributed by atoms with Crippen molar-refractivity contribution in [3.05, 3.63) is 24.3 Å². The maximum atomic E-state index is 12.0. The van der Waals surface area contributed by atoms with E-state index >= 15 is 0 Å². The Bertz CT molecular complexity index is 879. The van der Waals surface area contributed by atoms with Gasteiger partial charge in [0.2, 0.25) is 0 Å². The number of benzene rings is 1. The molecule has 0 saturated heterocycles. The molecule has 0 aromatic heterocycles. The normalized spacial score (nSPS) is 12.9. The molecule has 0 atom stereocenters. The van der Waals surface area contributed by atoms with Gasteiger partial charge >= 0.3 is 20.8 Å². The van der Waals surface area contributed by atoms with Crippen LogP contribution in [0.15, 0.2) is 29.2 Å². The summed E-state index contributed by atoms with van der Waals surface area (Å²) in [6.45, 7) is -1.14. The van der Waals surface area contributed by atoms with Crippen LogP contribution in [0.2, 0.25) is 0 Å². The van der Waals surface area contributed by atoms with E-state index in [0.29, 0.717) is 5.69 Å². The van der Waals surface area contributed by atoms with Crippen LogP contribution in [0.1, 0.15) is 0 Å². The molecule has 0 amide bonds. The van der Waals surface area contributed by atoms with Gasteiger partial charge in [-0.3, -0.25) is 9.11 Å². The van der Waals surface area contributed by atoms with Crippen LogP contribution in [-0.4, -0.2) is 59.9 Å². The van der Waals surface area contributed by atoms with Crippen LogP contribution < -0.4 is 10.9 Å². The molecule has 0 radical (unpaired) electrons. The summed E-state index contributed by atoms with van der Waals surface area (Å²) in [5.74, 6) is -0.675. The zero-order valence-electron chi connectivity index (χ0n) is 12.5. The molecule has 0 aliphatic carbocycles. The summed E-state index contributed by atoms with van der Waals surface area (Å²) in [7, 11) is -13.1. The van der Waals surface area contributed by atoms with E-state index in [1.54, 1.807) is 0 Å². The second-order valence-electron chi connectivity index (χ2n) is 4.40. The average molecular weight is 420 g/mol. The molecule has 0 aliphatic heterocycles. The molecule has 1 aromatic rings. The summed E-state index contributed by atoms with van der Waals surface area (Å²) in [6.07, 6.45) is 0. The van der Waals surface area contributed by atoms with Crippen LogP contribution in [0, 0.1) is 0 Å². The third-order valence-corrected chi connectivity index (χ3v) is 5.07. The summed E-state index contributed by atoms with van der Waals surface area (Å²) >= 11 is 0. The van der Waals surface area contributed by atoms with Crippen molar-refractivity contribution in [2.75, 3.05) is 30.9 Å². The summed E-state index contributed by atoms with van der Waals surface area (Å²) in [6, 6.07) is 5.42. The van der Waals surface area contributed by atoms with E-state index in [2.05, 4.69) is 19.2 Å². The third kappa shape index (κ3) is 9.66. The van der Waals surface area contributed by atoms with Crippen LogP contribution in [0.25, 0.3) is 0 Å². The standard InChI is InChI=1S/C10H16N2O10S3/c13-23(14,7-6-22-25(18,19)20)10-3-1-2-9(8-10)12-11-4-5-21-24(15,16)17/h1-3,8,11-12H,4-7H2,(H,15,16,17)(H,18,19,20).